The first-order valence-electron chi connectivity index (χ1n) is 4.54. The second kappa shape index (κ2) is 5.34. The van der Waals surface area contributed by atoms with Crippen LogP contribution >= 0.6 is 0 Å². The molecule has 1 aromatic rings. The van der Waals surface area contributed by atoms with E-state index in [1.165, 1.54) is 0 Å². The van der Waals surface area contributed by atoms with Crippen LogP contribution in [-0.4, -0.2) is 27.9 Å². The molecule has 4 nitrogen and oxygen atoms in total. The summed E-state index contributed by atoms with van der Waals surface area (Å²) >= 11 is 0. The van der Waals surface area contributed by atoms with Crippen molar-refractivity contribution in [1.82, 2.24) is 9.88 Å². The first-order valence-corrected chi connectivity index (χ1v) is 4.54. The highest BCUT2D eigenvalue weighted by atomic mass is 16.3. The van der Waals surface area contributed by atoms with Gasteiger partial charge in [0.05, 0.1) is 12.3 Å². The molecule has 76 valence electrons. The molecule has 0 spiro atoms. The van der Waals surface area contributed by atoms with E-state index in [4.69, 9.17) is 5.11 Å². The van der Waals surface area contributed by atoms with Gasteiger partial charge < -0.3 is 10.0 Å². The van der Waals surface area contributed by atoms with Crippen LogP contribution in [0, 0.1) is 0 Å². The van der Waals surface area contributed by atoms with Gasteiger partial charge in [-0.15, -0.1) is 0 Å². The fourth-order valence-electron chi connectivity index (χ4n) is 1.10. The molecule has 1 aromatic heterocycles. The summed E-state index contributed by atoms with van der Waals surface area (Å²) in [6.07, 6.45) is 2.50. The van der Waals surface area contributed by atoms with Crippen LogP contribution < -0.4 is 0 Å². The van der Waals surface area contributed by atoms with E-state index in [-0.39, 0.29) is 6.61 Å². The number of aliphatic hydroxyl groups is 1. The van der Waals surface area contributed by atoms with Gasteiger partial charge in [-0.3, -0.25) is 9.78 Å². The standard InChI is InChI=1S/C10H14N2O2/c1-2-12(8-14)6-9-3-4-10(7-13)11-5-9/h3-5,8,13H,2,6-7H2,1H3. The zero-order valence-corrected chi connectivity index (χ0v) is 8.18. The molecule has 0 atom stereocenters. The SMILES string of the molecule is CCN(C=O)Cc1ccc(CO)nc1. The molecule has 1 amide bonds. The third-order valence-electron chi connectivity index (χ3n) is 1.99. The fourth-order valence-corrected chi connectivity index (χ4v) is 1.10. The molecule has 0 unspecified atom stereocenters. The van der Waals surface area contributed by atoms with E-state index in [1.54, 1.807) is 17.2 Å². The maximum Gasteiger partial charge on any atom is 0.209 e. The molecular weight excluding hydrogens is 180 g/mol. The highest BCUT2D eigenvalue weighted by molar-refractivity contribution is 5.47. The molecule has 0 aromatic carbocycles. The van der Waals surface area contributed by atoms with Crippen LogP contribution in [-0.2, 0) is 17.9 Å². The lowest BCUT2D eigenvalue weighted by molar-refractivity contribution is -0.118. The minimum Gasteiger partial charge on any atom is -0.390 e. The van der Waals surface area contributed by atoms with Crippen molar-refractivity contribution >= 4 is 6.41 Å². The number of carbonyl (C=O) groups excluding carboxylic acids is 1. The zero-order valence-electron chi connectivity index (χ0n) is 8.18. The lowest BCUT2D eigenvalue weighted by atomic mass is 10.2. The molecule has 0 saturated heterocycles. The maximum absolute atomic E-state index is 10.5. The molecule has 0 aliphatic heterocycles. The van der Waals surface area contributed by atoms with Gasteiger partial charge in [0.1, 0.15) is 0 Å². The van der Waals surface area contributed by atoms with Gasteiger partial charge in [-0.25, -0.2) is 0 Å². The van der Waals surface area contributed by atoms with Crippen molar-refractivity contribution in [2.45, 2.75) is 20.1 Å². The monoisotopic (exact) mass is 194 g/mol. The van der Waals surface area contributed by atoms with Crippen LogP contribution in [0.1, 0.15) is 18.2 Å². The molecule has 0 radical (unpaired) electrons. The topological polar surface area (TPSA) is 53.4 Å². The van der Waals surface area contributed by atoms with Gasteiger partial charge >= 0.3 is 0 Å². The number of aromatic nitrogens is 1. The highest BCUT2D eigenvalue weighted by Gasteiger charge is 2.00. The third kappa shape index (κ3) is 2.81. The molecule has 0 aliphatic carbocycles. The van der Waals surface area contributed by atoms with Gasteiger partial charge in [-0.05, 0) is 18.6 Å². The minimum atomic E-state index is -0.0501. The summed E-state index contributed by atoms with van der Waals surface area (Å²) in [6.45, 7) is 3.12. The average Bonchev–Trinajstić information content (AvgIpc) is 2.26. The first-order chi connectivity index (χ1) is 6.80. The number of hydrogen-bond donors (Lipinski definition) is 1. The number of hydrogen-bond acceptors (Lipinski definition) is 3. The molecule has 4 heteroatoms. The molecule has 0 aliphatic rings. The second-order valence-electron chi connectivity index (χ2n) is 2.98. The Hall–Kier alpha value is -1.42. The van der Waals surface area contributed by atoms with Crippen molar-refractivity contribution in [2.24, 2.45) is 0 Å². The molecule has 1 heterocycles. The summed E-state index contributed by atoms with van der Waals surface area (Å²) in [7, 11) is 0. The van der Waals surface area contributed by atoms with Crippen LogP contribution in [0.4, 0.5) is 0 Å². The number of amides is 1. The fraction of sp³-hybridized carbons (Fsp3) is 0.400. The van der Waals surface area contributed by atoms with Crippen LogP contribution in [0.3, 0.4) is 0 Å². The van der Waals surface area contributed by atoms with Crippen molar-refractivity contribution < 1.29 is 9.90 Å². The van der Waals surface area contributed by atoms with Crippen LogP contribution in [0.25, 0.3) is 0 Å². The summed E-state index contributed by atoms with van der Waals surface area (Å²) in [5.41, 5.74) is 1.61. The first kappa shape index (κ1) is 10.7. The highest BCUT2D eigenvalue weighted by Crippen LogP contribution is 2.03. The van der Waals surface area contributed by atoms with E-state index in [9.17, 15) is 4.79 Å². The van der Waals surface area contributed by atoms with Gasteiger partial charge in [0, 0.05) is 19.3 Å². The number of nitrogens with zero attached hydrogens (tertiary/aromatic N) is 2. The predicted molar refractivity (Wildman–Crippen MR) is 52.3 cm³/mol. The molecule has 0 fully saturated rings. The molecule has 0 saturated carbocycles. The van der Waals surface area contributed by atoms with E-state index in [2.05, 4.69) is 4.98 Å². The smallest absolute Gasteiger partial charge is 0.209 e. The Morgan fingerprint density at radius 3 is 2.79 bits per heavy atom. The summed E-state index contributed by atoms with van der Waals surface area (Å²) in [5, 5.41) is 8.77. The molecular formula is C10H14N2O2. The summed E-state index contributed by atoms with van der Waals surface area (Å²) in [6, 6.07) is 3.62. The number of pyridine rings is 1. The third-order valence-corrected chi connectivity index (χ3v) is 1.99. The molecule has 1 rings (SSSR count). The van der Waals surface area contributed by atoms with Gasteiger partial charge in [-0.1, -0.05) is 6.07 Å². The van der Waals surface area contributed by atoms with E-state index in [0.29, 0.717) is 18.8 Å². The Morgan fingerprint density at radius 2 is 2.36 bits per heavy atom. The van der Waals surface area contributed by atoms with Gasteiger partial charge in [0.15, 0.2) is 0 Å². The summed E-state index contributed by atoms with van der Waals surface area (Å²) in [5.74, 6) is 0. The molecule has 0 bridgehead atoms. The van der Waals surface area contributed by atoms with Gasteiger partial charge in [0.25, 0.3) is 0 Å². The van der Waals surface area contributed by atoms with E-state index in [0.717, 1.165) is 12.0 Å². The van der Waals surface area contributed by atoms with Crippen LogP contribution in [0.5, 0.6) is 0 Å². The Morgan fingerprint density at radius 1 is 1.57 bits per heavy atom. The van der Waals surface area contributed by atoms with Crippen molar-refractivity contribution in [3.63, 3.8) is 0 Å². The van der Waals surface area contributed by atoms with Crippen LogP contribution in [0.2, 0.25) is 0 Å². The number of rotatable bonds is 5. The van der Waals surface area contributed by atoms with E-state index in [1.807, 2.05) is 13.0 Å². The maximum atomic E-state index is 10.5. The summed E-state index contributed by atoms with van der Waals surface area (Å²) in [4.78, 5) is 16.2. The normalized spacial score (nSPS) is 9.86. The second-order valence-corrected chi connectivity index (χ2v) is 2.98. The molecule has 1 N–H and O–H groups in total. The molecule has 14 heavy (non-hydrogen) atoms. The van der Waals surface area contributed by atoms with Crippen molar-refractivity contribution in [3.05, 3.63) is 29.6 Å². The largest absolute Gasteiger partial charge is 0.390 e. The van der Waals surface area contributed by atoms with Crippen molar-refractivity contribution in [3.8, 4) is 0 Å². The lowest BCUT2D eigenvalue weighted by Crippen LogP contribution is -2.20. The minimum absolute atomic E-state index is 0.0501. The van der Waals surface area contributed by atoms with Crippen molar-refractivity contribution in [2.75, 3.05) is 6.54 Å². The number of aliphatic hydroxyl groups excluding tert-OH is 1. The average molecular weight is 194 g/mol. The van der Waals surface area contributed by atoms with E-state index < -0.39 is 0 Å². The Balaban J connectivity index is 2.63. The predicted octanol–water partition coefficient (Wildman–Crippen LogP) is 0.552. The van der Waals surface area contributed by atoms with E-state index >= 15 is 0 Å². The lowest BCUT2D eigenvalue weighted by Gasteiger charge is -2.14. The Labute approximate surface area is 83.2 Å². The van der Waals surface area contributed by atoms with Gasteiger partial charge in [0.2, 0.25) is 6.41 Å². The number of carbonyl (C=O) groups is 1. The zero-order chi connectivity index (χ0) is 10.4. The quantitative estimate of drug-likeness (QED) is 0.696. The Kier molecular flexibility index (Phi) is 4.07. The Bertz CT molecular complexity index is 285. The van der Waals surface area contributed by atoms with Gasteiger partial charge in [-0.2, -0.15) is 0 Å². The summed E-state index contributed by atoms with van der Waals surface area (Å²) < 4.78 is 0. The van der Waals surface area contributed by atoms with Crippen LogP contribution in [0.15, 0.2) is 18.3 Å². The van der Waals surface area contributed by atoms with Crippen molar-refractivity contribution in [1.29, 1.82) is 0 Å².